The average Bonchev–Trinajstić information content (AvgIpc) is 3.12. The molecule has 1 heterocycles. The van der Waals surface area contributed by atoms with Crippen LogP contribution in [0.1, 0.15) is 17.5 Å². The van der Waals surface area contributed by atoms with Crippen LogP contribution in [0.15, 0.2) is 40.8 Å². The van der Waals surface area contributed by atoms with Gasteiger partial charge in [-0.05, 0) is 31.2 Å². The van der Waals surface area contributed by atoms with Crippen molar-refractivity contribution in [2.75, 3.05) is 20.3 Å². The Morgan fingerprint density at radius 1 is 1.23 bits per heavy atom. The Labute approximate surface area is 149 Å². The van der Waals surface area contributed by atoms with Gasteiger partial charge in [0.25, 0.3) is 11.6 Å². The molecule has 1 N–H and O–H groups in total. The van der Waals surface area contributed by atoms with E-state index in [1.807, 2.05) is 0 Å². The lowest BCUT2D eigenvalue weighted by molar-refractivity contribution is -0.384. The summed E-state index contributed by atoms with van der Waals surface area (Å²) in [7, 11) is 1.51. The molecule has 138 valence electrons. The van der Waals surface area contributed by atoms with Gasteiger partial charge in [0.05, 0.1) is 11.5 Å². The zero-order chi connectivity index (χ0) is 19.1. The number of ether oxygens (including phenoxy) is 2. The number of hydrogen-bond acceptors (Lipinski definition) is 7. The summed E-state index contributed by atoms with van der Waals surface area (Å²) < 4.78 is 15.3. The molecule has 9 heteroatoms. The van der Waals surface area contributed by atoms with Crippen LogP contribution in [0.2, 0.25) is 0 Å². The predicted octanol–water partition coefficient (Wildman–Crippen LogP) is 2.16. The fourth-order valence-corrected chi connectivity index (χ4v) is 2.04. The van der Waals surface area contributed by atoms with Crippen molar-refractivity contribution in [2.45, 2.75) is 13.0 Å². The van der Waals surface area contributed by atoms with E-state index in [4.69, 9.17) is 13.9 Å². The highest BCUT2D eigenvalue weighted by Gasteiger charge is 2.21. The predicted molar refractivity (Wildman–Crippen MR) is 90.6 cm³/mol. The molecule has 0 fully saturated rings. The minimum absolute atomic E-state index is 0.0479. The molecule has 0 saturated heterocycles. The highest BCUT2D eigenvalue weighted by molar-refractivity contribution is 5.90. The molecule has 2 aromatic rings. The minimum Gasteiger partial charge on any atom is -0.449 e. The second-order valence-corrected chi connectivity index (χ2v) is 5.30. The Bertz CT molecular complexity index is 783. The largest absolute Gasteiger partial charge is 0.449 e. The number of nitro benzene ring substituents is 1. The fourth-order valence-electron chi connectivity index (χ4n) is 2.04. The summed E-state index contributed by atoms with van der Waals surface area (Å²) in [6, 6.07) is 8.65. The van der Waals surface area contributed by atoms with E-state index in [9.17, 15) is 19.7 Å². The Morgan fingerprint density at radius 3 is 2.54 bits per heavy atom. The van der Waals surface area contributed by atoms with Crippen molar-refractivity contribution < 1.29 is 28.4 Å². The molecule has 0 aliphatic heterocycles. The maximum Gasteiger partial charge on any atom is 0.375 e. The van der Waals surface area contributed by atoms with E-state index in [1.165, 1.54) is 44.4 Å². The number of esters is 1. The van der Waals surface area contributed by atoms with Gasteiger partial charge in [0.2, 0.25) is 5.76 Å². The standard InChI is InChI=1S/C17H18N2O7/c1-11(16(20)18-9-10-24-2)25-17(21)15-8-7-14(26-15)12-3-5-13(6-4-12)19(22)23/h3-8,11H,9-10H2,1-2H3,(H,18,20)/t11-/m1/s1. The number of nitrogens with zero attached hydrogens (tertiary/aromatic N) is 1. The van der Waals surface area contributed by atoms with Gasteiger partial charge in [-0.15, -0.1) is 0 Å². The quantitative estimate of drug-likeness (QED) is 0.330. The summed E-state index contributed by atoms with van der Waals surface area (Å²) in [6.45, 7) is 2.10. The van der Waals surface area contributed by atoms with Crippen molar-refractivity contribution in [2.24, 2.45) is 0 Å². The molecular weight excluding hydrogens is 344 g/mol. The van der Waals surface area contributed by atoms with Gasteiger partial charge in [-0.2, -0.15) is 0 Å². The third kappa shape index (κ3) is 4.90. The van der Waals surface area contributed by atoms with Crippen LogP contribution in [-0.4, -0.2) is 43.2 Å². The Kier molecular flexibility index (Phi) is 6.45. The molecule has 1 aromatic carbocycles. The molecule has 26 heavy (non-hydrogen) atoms. The average molecular weight is 362 g/mol. The Morgan fingerprint density at radius 2 is 1.92 bits per heavy atom. The zero-order valence-corrected chi connectivity index (χ0v) is 14.3. The lowest BCUT2D eigenvalue weighted by atomic mass is 10.1. The fraction of sp³-hybridized carbons (Fsp3) is 0.294. The first kappa shape index (κ1) is 19.1. The molecule has 2 rings (SSSR count). The van der Waals surface area contributed by atoms with Crippen LogP contribution in [0.25, 0.3) is 11.3 Å². The summed E-state index contributed by atoms with van der Waals surface area (Å²) in [6.07, 6.45) is -0.993. The molecule has 0 aliphatic carbocycles. The number of carbonyl (C=O) groups is 2. The number of furan rings is 1. The number of methoxy groups -OCH3 is 1. The monoisotopic (exact) mass is 362 g/mol. The van der Waals surface area contributed by atoms with Crippen LogP contribution in [0.3, 0.4) is 0 Å². The Hall–Kier alpha value is -3.20. The maximum atomic E-state index is 12.1. The minimum atomic E-state index is -0.993. The smallest absolute Gasteiger partial charge is 0.375 e. The summed E-state index contributed by atoms with van der Waals surface area (Å²) >= 11 is 0. The molecule has 0 unspecified atom stereocenters. The van der Waals surface area contributed by atoms with E-state index in [2.05, 4.69) is 5.32 Å². The third-order valence-electron chi connectivity index (χ3n) is 3.43. The van der Waals surface area contributed by atoms with Gasteiger partial charge in [-0.25, -0.2) is 4.79 Å². The highest BCUT2D eigenvalue weighted by Crippen LogP contribution is 2.25. The molecule has 1 atom stereocenters. The molecule has 1 amide bonds. The first-order chi connectivity index (χ1) is 12.4. The topological polar surface area (TPSA) is 121 Å². The van der Waals surface area contributed by atoms with Gasteiger partial charge in [-0.3, -0.25) is 14.9 Å². The van der Waals surface area contributed by atoms with Crippen molar-refractivity contribution in [1.29, 1.82) is 0 Å². The van der Waals surface area contributed by atoms with Crippen LogP contribution >= 0.6 is 0 Å². The van der Waals surface area contributed by atoms with Gasteiger partial charge in [-0.1, -0.05) is 0 Å². The van der Waals surface area contributed by atoms with Gasteiger partial charge < -0.3 is 19.2 Å². The van der Waals surface area contributed by atoms with E-state index in [1.54, 1.807) is 6.07 Å². The maximum absolute atomic E-state index is 12.1. The van der Waals surface area contributed by atoms with E-state index >= 15 is 0 Å². The van der Waals surface area contributed by atoms with Crippen LogP contribution in [0, 0.1) is 10.1 Å². The van der Waals surface area contributed by atoms with Gasteiger partial charge in [0.1, 0.15) is 5.76 Å². The van der Waals surface area contributed by atoms with Crippen LogP contribution < -0.4 is 5.32 Å². The number of non-ortho nitro benzene ring substituents is 1. The van der Waals surface area contributed by atoms with Crippen molar-refractivity contribution >= 4 is 17.6 Å². The van der Waals surface area contributed by atoms with Crippen molar-refractivity contribution in [1.82, 2.24) is 5.32 Å². The molecular formula is C17H18N2O7. The van der Waals surface area contributed by atoms with Crippen LogP contribution in [-0.2, 0) is 14.3 Å². The van der Waals surface area contributed by atoms with Crippen molar-refractivity contribution in [3.63, 3.8) is 0 Å². The van der Waals surface area contributed by atoms with Gasteiger partial charge in [0, 0.05) is 31.4 Å². The van der Waals surface area contributed by atoms with E-state index < -0.39 is 22.9 Å². The molecule has 1 aromatic heterocycles. The van der Waals surface area contributed by atoms with Crippen LogP contribution in [0.4, 0.5) is 5.69 Å². The number of carbonyl (C=O) groups excluding carboxylic acids is 2. The lowest BCUT2D eigenvalue weighted by Gasteiger charge is -2.12. The lowest BCUT2D eigenvalue weighted by Crippen LogP contribution is -2.37. The second-order valence-electron chi connectivity index (χ2n) is 5.30. The number of benzene rings is 1. The highest BCUT2D eigenvalue weighted by atomic mass is 16.6. The molecule has 9 nitrogen and oxygen atoms in total. The molecule has 0 spiro atoms. The molecule has 0 aliphatic rings. The molecule has 0 saturated carbocycles. The zero-order valence-electron chi connectivity index (χ0n) is 14.3. The van der Waals surface area contributed by atoms with Crippen LogP contribution in [0.5, 0.6) is 0 Å². The molecule has 0 bridgehead atoms. The number of rotatable bonds is 8. The van der Waals surface area contributed by atoms with Crippen molar-refractivity contribution in [3.05, 3.63) is 52.3 Å². The van der Waals surface area contributed by atoms with Crippen molar-refractivity contribution in [3.8, 4) is 11.3 Å². The third-order valence-corrected chi connectivity index (χ3v) is 3.43. The summed E-state index contributed by atoms with van der Waals surface area (Å²) in [5.41, 5.74) is 0.522. The molecule has 0 radical (unpaired) electrons. The van der Waals surface area contributed by atoms with E-state index in [0.29, 0.717) is 24.5 Å². The SMILES string of the molecule is COCCNC(=O)[C@@H](C)OC(=O)c1ccc(-c2ccc([N+](=O)[O-])cc2)o1. The number of nitro groups is 1. The summed E-state index contributed by atoms with van der Waals surface area (Å²) in [4.78, 5) is 34.0. The van der Waals surface area contributed by atoms with Gasteiger partial charge in [0.15, 0.2) is 6.10 Å². The first-order valence-corrected chi connectivity index (χ1v) is 7.74. The Balaban J connectivity index is 1.98. The van der Waals surface area contributed by atoms with Gasteiger partial charge >= 0.3 is 5.97 Å². The number of nitrogens with one attached hydrogen (secondary N) is 1. The van der Waals surface area contributed by atoms with E-state index in [-0.39, 0.29) is 11.4 Å². The first-order valence-electron chi connectivity index (χ1n) is 7.74. The normalized spacial score (nSPS) is 11.6. The summed E-state index contributed by atoms with van der Waals surface area (Å²) in [5, 5.41) is 13.2. The number of hydrogen-bond donors (Lipinski definition) is 1. The number of amides is 1. The summed E-state index contributed by atoms with van der Waals surface area (Å²) in [5.74, 6) is -0.955. The second kappa shape index (κ2) is 8.77. The van der Waals surface area contributed by atoms with E-state index in [0.717, 1.165) is 0 Å².